The van der Waals surface area contributed by atoms with Crippen LogP contribution >= 0.6 is 0 Å². The molecular formula is C15H29N3O4. The average molecular weight is 315 g/mol. The van der Waals surface area contributed by atoms with E-state index in [1.807, 2.05) is 41.5 Å². The first-order valence-electron chi connectivity index (χ1n) is 7.64. The van der Waals surface area contributed by atoms with E-state index in [4.69, 9.17) is 9.47 Å². The molecule has 0 aromatic heterocycles. The highest BCUT2D eigenvalue weighted by molar-refractivity contribution is 5.68. The molecule has 2 atom stereocenters. The number of rotatable bonds is 3. The van der Waals surface area contributed by atoms with E-state index in [-0.39, 0.29) is 12.1 Å². The van der Waals surface area contributed by atoms with Gasteiger partial charge in [0.25, 0.3) is 0 Å². The van der Waals surface area contributed by atoms with Gasteiger partial charge >= 0.3 is 12.2 Å². The third kappa shape index (κ3) is 8.07. The molecule has 0 aromatic carbocycles. The molecule has 2 amide bonds. The maximum Gasteiger partial charge on any atom is 0.407 e. The summed E-state index contributed by atoms with van der Waals surface area (Å²) in [6.45, 7) is 12.1. The van der Waals surface area contributed by atoms with Gasteiger partial charge in [0, 0.05) is 25.2 Å². The molecule has 22 heavy (non-hydrogen) atoms. The molecule has 0 spiro atoms. The summed E-state index contributed by atoms with van der Waals surface area (Å²) in [5.74, 6) is 0. The van der Waals surface area contributed by atoms with E-state index < -0.39 is 23.4 Å². The van der Waals surface area contributed by atoms with Crippen molar-refractivity contribution in [3.05, 3.63) is 0 Å². The highest BCUT2D eigenvalue weighted by atomic mass is 16.6. The van der Waals surface area contributed by atoms with Gasteiger partial charge in [-0.05, 0) is 48.0 Å². The lowest BCUT2D eigenvalue weighted by molar-refractivity contribution is 0.0496. The lowest BCUT2D eigenvalue weighted by Crippen LogP contribution is -2.40. The van der Waals surface area contributed by atoms with Crippen LogP contribution in [0.15, 0.2) is 0 Å². The van der Waals surface area contributed by atoms with Crippen LogP contribution in [0.25, 0.3) is 0 Å². The molecule has 0 saturated carbocycles. The molecule has 128 valence electrons. The maximum atomic E-state index is 11.7. The van der Waals surface area contributed by atoms with Crippen LogP contribution in [0.4, 0.5) is 9.59 Å². The Bertz CT molecular complexity index is 399. The Morgan fingerprint density at radius 3 is 2.14 bits per heavy atom. The molecule has 7 heteroatoms. The molecule has 1 saturated heterocycles. The SMILES string of the molecule is CC(C)(C)OC(=O)NCC1CC(NC(=O)OC(C)(C)C)CN1. The number of hydrogen-bond donors (Lipinski definition) is 3. The molecular weight excluding hydrogens is 286 g/mol. The van der Waals surface area contributed by atoms with Gasteiger partial charge in [-0.3, -0.25) is 0 Å². The van der Waals surface area contributed by atoms with Crippen LogP contribution in [-0.2, 0) is 9.47 Å². The molecule has 3 N–H and O–H groups in total. The zero-order valence-corrected chi connectivity index (χ0v) is 14.4. The fourth-order valence-electron chi connectivity index (χ4n) is 2.08. The Morgan fingerprint density at radius 1 is 1.05 bits per heavy atom. The molecule has 7 nitrogen and oxygen atoms in total. The lowest BCUT2D eigenvalue weighted by Gasteiger charge is -2.22. The van der Waals surface area contributed by atoms with Crippen molar-refractivity contribution in [3.63, 3.8) is 0 Å². The number of nitrogens with one attached hydrogen (secondary N) is 3. The summed E-state index contributed by atoms with van der Waals surface area (Å²) in [7, 11) is 0. The molecule has 2 unspecified atom stereocenters. The van der Waals surface area contributed by atoms with Crippen molar-refractivity contribution >= 4 is 12.2 Å². The fraction of sp³-hybridized carbons (Fsp3) is 0.867. The minimum atomic E-state index is -0.506. The number of carbonyl (C=O) groups is 2. The molecule has 1 heterocycles. The number of alkyl carbamates (subject to hydrolysis) is 2. The summed E-state index contributed by atoms with van der Waals surface area (Å²) < 4.78 is 10.4. The summed E-state index contributed by atoms with van der Waals surface area (Å²) in [5, 5.41) is 8.80. The van der Waals surface area contributed by atoms with Crippen molar-refractivity contribution in [2.45, 2.75) is 71.2 Å². The summed E-state index contributed by atoms with van der Waals surface area (Å²) in [6.07, 6.45) is -0.118. The predicted octanol–water partition coefficient (Wildman–Crippen LogP) is 1.77. The Hall–Kier alpha value is -1.50. The maximum absolute atomic E-state index is 11.7. The third-order valence-electron chi connectivity index (χ3n) is 2.83. The van der Waals surface area contributed by atoms with Gasteiger partial charge in [-0.1, -0.05) is 0 Å². The second-order valence-electron chi connectivity index (χ2n) is 7.57. The summed E-state index contributed by atoms with van der Waals surface area (Å²) in [5.41, 5.74) is -1.01. The van der Waals surface area contributed by atoms with Crippen LogP contribution < -0.4 is 16.0 Å². The first-order valence-corrected chi connectivity index (χ1v) is 7.64. The molecule has 0 bridgehead atoms. The summed E-state index contributed by atoms with van der Waals surface area (Å²) in [6, 6.07) is 0.104. The minimum Gasteiger partial charge on any atom is -0.444 e. The van der Waals surface area contributed by atoms with Crippen LogP contribution in [0.5, 0.6) is 0 Å². The number of amides is 2. The normalized spacial score (nSPS) is 22.1. The first-order chi connectivity index (χ1) is 9.94. The molecule has 1 aliphatic heterocycles. The van der Waals surface area contributed by atoms with Crippen molar-refractivity contribution in [1.82, 2.24) is 16.0 Å². The smallest absolute Gasteiger partial charge is 0.407 e. The van der Waals surface area contributed by atoms with Gasteiger partial charge in [0.05, 0.1) is 0 Å². The quantitative estimate of drug-likeness (QED) is 0.738. The fourth-order valence-corrected chi connectivity index (χ4v) is 2.08. The zero-order chi connectivity index (χ0) is 17.0. The van der Waals surface area contributed by atoms with Crippen molar-refractivity contribution in [3.8, 4) is 0 Å². The Kier molecular flexibility index (Phi) is 6.05. The van der Waals surface area contributed by atoms with Crippen LogP contribution in [-0.4, -0.2) is 48.6 Å². The standard InChI is InChI=1S/C15H29N3O4/c1-14(2,3)21-12(19)17-8-10-7-11(9-16-10)18-13(20)22-15(4,5)6/h10-11,16H,7-9H2,1-6H3,(H,17,19)(H,18,20). The number of carbonyl (C=O) groups excluding carboxylic acids is 2. The Morgan fingerprint density at radius 2 is 1.59 bits per heavy atom. The number of ether oxygens (including phenoxy) is 2. The number of hydrogen-bond acceptors (Lipinski definition) is 5. The van der Waals surface area contributed by atoms with E-state index >= 15 is 0 Å². The highest BCUT2D eigenvalue weighted by Gasteiger charge is 2.27. The van der Waals surface area contributed by atoms with Gasteiger partial charge < -0.3 is 25.4 Å². The second-order valence-corrected chi connectivity index (χ2v) is 7.57. The predicted molar refractivity (Wildman–Crippen MR) is 83.8 cm³/mol. The summed E-state index contributed by atoms with van der Waals surface area (Å²) >= 11 is 0. The summed E-state index contributed by atoms with van der Waals surface area (Å²) in [4.78, 5) is 23.3. The van der Waals surface area contributed by atoms with Gasteiger partial charge in [0.2, 0.25) is 0 Å². The van der Waals surface area contributed by atoms with Gasteiger partial charge in [-0.2, -0.15) is 0 Å². The third-order valence-corrected chi connectivity index (χ3v) is 2.83. The van der Waals surface area contributed by atoms with Crippen LogP contribution in [0, 0.1) is 0 Å². The van der Waals surface area contributed by atoms with Crippen molar-refractivity contribution in [2.24, 2.45) is 0 Å². The largest absolute Gasteiger partial charge is 0.444 e. The van der Waals surface area contributed by atoms with Crippen LogP contribution in [0.1, 0.15) is 48.0 Å². The minimum absolute atomic E-state index is 0.000265. The van der Waals surface area contributed by atoms with E-state index in [0.717, 1.165) is 6.42 Å². The van der Waals surface area contributed by atoms with E-state index in [0.29, 0.717) is 13.1 Å². The van der Waals surface area contributed by atoms with Crippen molar-refractivity contribution in [2.75, 3.05) is 13.1 Å². The van der Waals surface area contributed by atoms with Crippen molar-refractivity contribution in [1.29, 1.82) is 0 Å². The topological polar surface area (TPSA) is 88.7 Å². The highest BCUT2D eigenvalue weighted by Crippen LogP contribution is 2.10. The van der Waals surface area contributed by atoms with E-state index in [1.54, 1.807) is 0 Å². The molecule has 1 fully saturated rings. The van der Waals surface area contributed by atoms with E-state index in [9.17, 15) is 9.59 Å². The van der Waals surface area contributed by atoms with E-state index in [2.05, 4.69) is 16.0 Å². The molecule has 1 rings (SSSR count). The first kappa shape index (κ1) is 18.5. The van der Waals surface area contributed by atoms with E-state index in [1.165, 1.54) is 0 Å². The lowest BCUT2D eigenvalue weighted by atomic mass is 10.1. The average Bonchev–Trinajstić information content (AvgIpc) is 2.68. The zero-order valence-electron chi connectivity index (χ0n) is 14.4. The van der Waals surface area contributed by atoms with Gasteiger partial charge in [0.1, 0.15) is 11.2 Å². The molecule has 1 aliphatic rings. The van der Waals surface area contributed by atoms with Crippen LogP contribution in [0.3, 0.4) is 0 Å². The van der Waals surface area contributed by atoms with Gasteiger partial charge in [-0.25, -0.2) is 9.59 Å². The van der Waals surface area contributed by atoms with Crippen LogP contribution in [0.2, 0.25) is 0 Å². The Balaban J connectivity index is 2.26. The molecule has 0 radical (unpaired) electrons. The van der Waals surface area contributed by atoms with Gasteiger partial charge in [-0.15, -0.1) is 0 Å². The van der Waals surface area contributed by atoms with Gasteiger partial charge in [0.15, 0.2) is 0 Å². The van der Waals surface area contributed by atoms with Crippen molar-refractivity contribution < 1.29 is 19.1 Å². The second kappa shape index (κ2) is 7.17. The monoisotopic (exact) mass is 315 g/mol. The molecule has 0 aromatic rings. The molecule has 0 aliphatic carbocycles. The Labute approximate surface area is 132 Å².